The monoisotopic (exact) mass is 434 g/mol. The molecule has 31 heavy (non-hydrogen) atoms. The summed E-state index contributed by atoms with van der Waals surface area (Å²) in [4.78, 5) is 13.3. The summed E-state index contributed by atoms with van der Waals surface area (Å²) in [5.74, 6) is -1.64. The smallest absolute Gasteiger partial charge is 0.203 e. The van der Waals surface area contributed by atoms with Crippen LogP contribution in [0.2, 0.25) is 0 Å². The van der Waals surface area contributed by atoms with Crippen molar-refractivity contribution in [3.05, 3.63) is 47.5 Å². The molecule has 2 aliphatic rings. The van der Waals surface area contributed by atoms with Gasteiger partial charge in [-0.25, -0.2) is 0 Å². The molecule has 166 valence electrons. The zero-order valence-electron chi connectivity index (χ0n) is 16.3. The summed E-state index contributed by atoms with van der Waals surface area (Å²) in [5, 5.41) is 59.8. The molecule has 0 radical (unpaired) electrons. The Labute approximate surface area is 176 Å². The molecule has 1 saturated heterocycles. The van der Waals surface area contributed by atoms with Crippen LogP contribution < -0.4 is 4.74 Å². The van der Waals surface area contributed by atoms with Gasteiger partial charge < -0.3 is 44.8 Å². The molecule has 10 nitrogen and oxygen atoms in total. The minimum atomic E-state index is -1.66. The number of Topliss-reactive ketones (excluding diaryl/α,β-unsaturated/α-hetero) is 1. The van der Waals surface area contributed by atoms with E-state index >= 15 is 0 Å². The van der Waals surface area contributed by atoms with E-state index in [9.17, 15) is 35.4 Å². The van der Waals surface area contributed by atoms with Crippen molar-refractivity contribution in [3.8, 4) is 23.0 Å². The average Bonchev–Trinajstić information content (AvgIpc) is 2.72. The number of carbonyl (C=O) groups is 1. The number of phenols is 3. The summed E-state index contributed by atoms with van der Waals surface area (Å²) in [5.41, 5.74) is 0.195. The lowest BCUT2D eigenvalue weighted by Gasteiger charge is -2.42. The van der Waals surface area contributed by atoms with Gasteiger partial charge in [0.1, 0.15) is 46.9 Å². The van der Waals surface area contributed by atoms with Gasteiger partial charge in [0.15, 0.2) is 18.5 Å². The molecule has 4 rings (SSSR count). The van der Waals surface area contributed by atoms with E-state index in [0.717, 1.165) is 6.07 Å². The largest absolute Gasteiger partial charge is 0.508 e. The van der Waals surface area contributed by atoms with Crippen LogP contribution in [0.1, 0.15) is 28.9 Å². The molecule has 0 spiro atoms. The number of ketones is 1. The third kappa shape index (κ3) is 3.80. The van der Waals surface area contributed by atoms with Crippen molar-refractivity contribution in [1.82, 2.24) is 0 Å². The van der Waals surface area contributed by atoms with E-state index in [1.165, 1.54) is 37.3 Å². The first kappa shape index (κ1) is 21.3. The molecular weight excluding hydrogens is 412 g/mol. The Bertz CT molecular complexity index is 975. The van der Waals surface area contributed by atoms with E-state index in [2.05, 4.69) is 0 Å². The van der Waals surface area contributed by atoms with Crippen LogP contribution >= 0.6 is 0 Å². The number of hydrogen-bond acceptors (Lipinski definition) is 10. The van der Waals surface area contributed by atoms with Crippen molar-refractivity contribution in [1.29, 1.82) is 0 Å². The highest BCUT2D eigenvalue weighted by Crippen LogP contribution is 2.43. The number of fused-ring (bicyclic) bond motifs is 1. The summed E-state index contributed by atoms with van der Waals surface area (Å²) in [6.07, 6.45) is -9.49. The lowest BCUT2D eigenvalue weighted by molar-refractivity contribution is -0.304. The molecule has 2 heterocycles. The number of ether oxygens (including phenoxy) is 3. The van der Waals surface area contributed by atoms with Gasteiger partial charge in [-0.15, -0.1) is 0 Å². The van der Waals surface area contributed by atoms with Gasteiger partial charge in [0.05, 0.1) is 6.10 Å². The molecule has 0 saturated carbocycles. The maximum Gasteiger partial charge on any atom is 0.203 e. The quantitative estimate of drug-likeness (QED) is 0.396. The molecule has 0 aromatic heterocycles. The van der Waals surface area contributed by atoms with Crippen molar-refractivity contribution >= 4 is 5.78 Å². The van der Waals surface area contributed by atoms with Gasteiger partial charge in [-0.05, 0) is 24.6 Å². The third-order valence-corrected chi connectivity index (χ3v) is 5.41. The van der Waals surface area contributed by atoms with Gasteiger partial charge in [-0.1, -0.05) is 12.1 Å². The topological polar surface area (TPSA) is 166 Å². The zero-order chi connectivity index (χ0) is 22.4. The minimum absolute atomic E-state index is 0.0176. The Hall–Kier alpha value is -2.89. The highest BCUT2D eigenvalue weighted by atomic mass is 16.7. The highest BCUT2D eigenvalue weighted by Gasteiger charge is 2.48. The van der Waals surface area contributed by atoms with Gasteiger partial charge in [-0.3, -0.25) is 4.79 Å². The molecule has 2 aromatic rings. The van der Waals surface area contributed by atoms with Crippen LogP contribution in [-0.4, -0.2) is 73.2 Å². The fourth-order valence-electron chi connectivity index (χ4n) is 3.72. The fourth-order valence-corrected chi connectivity index (χ4v) is 3.72. The molecule has 0 aliphatic carbocycles. The second-order valence-electron chi connectivity index (χ2n) is 7.57. The lowest BCUT2D eigenvalue weighted by atomic mass is 9.92. The van der Waals surface area contributed by atoms with Gasteiger partial charge in [0.25, 0.3) is 0 Å². The van der Waals surface area contributed by atoms with Crippen LogP contribution in [0, 0.1) is 0 Å². The Kier molecular flexibility index (Phi) is 5.50. The number of benzene rings is 2. The van der Waals surface area contributed by atoms with Crippen molar-refractivity contribution in [2.75, 3.05) is 0 Å². The third-order valence-electron chi connectivity index (χ3n) is 5.41. The highest BCUT2D eigenvalue weighted by molar-refractivity contribution is 6.05. The lowest BCUT2D eigenvalue weighted by Crippen LogP contribution is -2.59. The number of rotatable bonds is 3. The predicted octanol–water partition coefficient (Wildman–Crippen LogP) is 0.332. The SMILES string of the molecule is C[C@@H]1O[C@@H](O[C@H]2C(=O)c3c(O)cc(O)cc3O[C@H]2c2ccc(O)cc2)[C@H](O)[C@H](O)[C@H]1O. The molecule has 2 aromatic carbocycles. The van der Waals surface area contributed by atoms with Crippen molar-refractivity contribution in [2.24, 2.45) is 0 Å². The van der Waals surface area contributed by atoms with Crippen LogP contribution in [0.15, 0.2) is 36.4 Å². The van der Waals surface area contributed by atoms with Crippen molar-refractivity contribution in [3.63, 3.8) is 0 Å². The van der Waals surface area contributed by atoms with E-state index in [1.807, 2.05) is 0 Å². The van der Waals surface area contributed by atoms with E-state index in [0.29, 0.717) is 5.56 Å². The number of aliphatic hydroxyl groups is 3. The number of hydrogen-bond donors (Lipinski definition) is 6. The maximum absolute atomic E-state index is 13.3. The Balaban J connectivity index is 1.73. The van der Waals surface area contributed by atoms with E-state index < -0.39 is 54.4 Å². The number of aliphatic hydroxyl groups excluding tert-OH is 3. The minimum Gasteiger partial charge on any atom is -0.508 e. The summed E-state index contributed by atoms with van der Waals surface area (Å²) in [7, 11) is 0. The van der Waals surface area contributed by atoms with Crippen LogP contribution in [-0.2, 0) is 9.47 Å². The van der Waals surface area contributed by atoms with Crippen LogP contribution in [0.4, 0.5) is 0 Å². The fraction of sp³-hybridized carbons (Fsp3) is 0.381. The number of aromatic hydroxyl groups is 3. The predicted molar refractivity (Wildman–Crippen MR) is 103 cm³/mol. The van der Waals surface area contributed by atoms with Crippen LogP contribution in [0.25, 0.3) is 0 Å². The molecule has 0 bridgehead atoms. The molecule has 0 unspecified atom stereocenters. The van der Waals surface area contributed by atoms with Gasteiger partial charge in [0.2, 0.25) is 5.78 Å². The van der Waals surface area contributed by atoms with Crippen molar-refractivity contribution < 1.29 is 49.6 Å². The first-order valence-electron chi connectivity index (χ1n) is 9.58. The van der Waals surface area contributed by atoms with Crippen LogP contribution in [0.3, 0.4) is 0 Å². The molecule has 1 fully saturated rings. The number of carbonyl (C=O) groups excluding carboxylic acids is 1. The van der Waals surface area contributed by atoms with Gasteiger partial charge in [-0.2, -0.15) is 0 Å². The second-order valence-corrected chi connectivity index (χ2v) is 7.57. The second kappa shape index (κ2) is 7.98. The van der Waals surface area contributed by atoms with Gasteiger partial charge in [0, 0.05) is 12.1 Å². The zero-order valence-corrected chi connectivity index (χ0v) is 16.3. The summed E-state index contributed by atoms with van der Waals surface area (Å²) < 4.78 is 17.0. The molecule has 6 N–H and O–H groups in total. The van der Waals surface area contributed by atoms with E-state index in [1.54, 1.807) is 0 Å². The van der Waals surface area contributed by atoms with Crippen molar-refractivity contribution in [2.45, 2.75) is 49.8 Å². The Morgan fingerprint density at radius 2 is 1.58 bits per heavy atom. The molecular formula is C21H22O10. The summed E-state index contributed by atoms with van der Waals surface area (Å²) >= 11 is 0. The first-order chi connectivity index (χ1) is 14.7. The Morgan fingerprint density at radius 1 is 0.903 bits per heavy atom. The molecule has 0 amide bonds. The normalized spacial score (nSPS) is 32.9. The number of phenolic OH excluding ortho intramolecular Hbond substituents is 3. The van der Waals surface area contributed by atoms with E-state index in [4.69, 9.17) is 14.2 Å². The first-order valence-corrected chi connectivity index (χ1v) is 9.58. The Morgan fingerprint density at radius 3 is 2.26 bits per heavy atom. The standard InChI is InChI=1S/C21H22O10/c1-8-15(25)17(27)18(28)21(29-8)31-20-16(26)14-12(24)6-11(23)7-13(14)30-19(20)9-2-4-10(22)5-3-9/h2-8,15,17-25,27-28H,1H3/t8-,15-,17+,18+,19-,20-,21-/m0/s1. The molecule has 2 aliphatic heterocycles. The average molecular weight is 434 g/mol. The van der Waals surface area contributed by atoms with E-state index in [-0.39, 0.29) is 22.8 Å². The molecule has 10 heteroatoms. The van der Waals surface area contributed by atoms with Gasteiger partial charge >= 0.3 is 0 Å². The van der Waals surface area contributed by atoms with Crippen LogP contribution in [0.5, 0.6) is 23.0 Å². The maximum atomic E-state index is 13.3. The summed E-state index contributed by atoms with van der Waals surface area (Å²) in [6.45, 7) is 1.47. The molecule has 7 atom stereocenters. The summed E-state index contributed by atoms with van der Waals surface area (Å²) in [6, 6.07) is 7.90.